The van der Waals surface area contributed by atoms with Gasteiger partial charge in [0.1, 0.15) is 11.5 Å². The molecule has 1 heterocycles. The van der Waals surface area contributed by atoms with Gasteiger partial charge in [-0.25, -0.2) is 9.59 Å². The summed E-state index contributed by atoms with van der Waals surface area (Å²) in [5.74, 6) is -0.255. The van der Waals surface area contributed by atoms with Crippen LogP contribution in [0.2, 0.25) is 0 Å². The molecule has 5 atom stereocenters. The molecule has 1 saturated heterocycles. The Balaban J connectivity index is 1.57. The van der Waals surface area contributed by atoms with Crippen molar-refractivity contribution >= 4 is 11.9 Å². The maximum absolute atomic E-state index is 12.8. The molecule has 182 valence electrons. The number of hydrogen-bond acceptors (Lipinski definition) is 8. The lowest BCUT2D eigenvalue weighted by Crippen LogP contribution is -2.61. The minimum Gasteiger partial charge on any atom is -0.497 e. The molecule has 8 heteroatoms. The van der Waals surface area contributed by atoms with Crippen molar-refractivity contribution in [3.8, 4) is 11.5 Å². The largest absolute Gasteiger partial charge is 0.497 e. The average molecular weight is 478 g/mol. The van der Waals surface area contributed by atoms with Gasteiger partial charge in [0.25, 0.3) is 0 Å². The summed E-state index contributed by atoms with van der Waals surface area (Å²) in [5.41, 5.74) is 0.610. The van der Waals surface area contributed by atoms with Crippen molar-refractivity contribution in [1.29, 1.82) is 0 Å². The second kappa shape index (κ2) is 11.0. The number of carbonyl (C=O) groups excluding carboxylic acids is 2. The van der Waals surface area contributed by atoms with Gasteiger partial charge in [-0.3, -0.25) is 0 Å². The molecule has 0 spiro atoms. The van der Waals surface area contributed by atoms with E-state index in [1.54, 1.807) is 99.0 Å². The van der Waals surface area contributed by atoms with Crippen LogP contribution in [0.1, 0.15) is 27.6 Å². The van der Waals surface area contributed by atoms with Crippen LogP contribution >= 0.6 is 0 Å². The standard InChI is InChI=1S/C27H26O8/c1-17-23(34-25(29)18-9-5-3-6-10-18)24(35-26(30)19-11-7-4-8-12-19)22(28)27(32-17)33-21-15-13-20(31-2)14-16-21/h3-17,22-24,27-28H,1-2H3/t17-,22+,23+,24-,27-/m0/s1. The van der Waals surface area contributed by atoms with Crippen molar-refractivity contribution in [3.05, 3.63) is 96.1 Å². The summed E-state index contributed by atoms with van der Waals surface area (Å²) >= 11 is 0. The van der Waals surface area contributed by atoms with E-state index in [-0.39, 0.29) is 0 Å². The lowest BCUT2D eigenvalue weighted by molar-refractivity contribution is -0.267. The molecule has 1 N–H and O–H groups in total. The molecule has 3 aromatic carbocycles. The molecular formula is C27H26O8. The van der Waals surface area contributed by atoms with Crippen molar-refractivity contribution in [3.63, 3.8) is 0 Å². The Morgan fingerprint density at radius 2 is 1.23 bits per heavy atom. The van der Waals surface area contributed by atoms with E-state index in [1.165, 1.54) is 0 Å². The van der Waals surface area contributed by atoms with Crippen molar-refractivity contribution < 1.29 is 38.4 Å². The van der Waals surface area contributed by atoms with Crippen molar-refractivity contribution in [1.82, 2.24) is 0 Å². The predicted octanol–water partition coefficient (Wildman–Crippen LogP) is 3.63. The molecule has 0 aromatic heterocycles. The van der Waals surface area contributed by atoms with Gasteiger partial charge in [0.05, 0.1) is 24.3 Å². The summed E-state index contributed by atoms with van der Waals surface area (Å²) in [6.45, 7) is 1.66. The fraction of sp³-hybridized carbons (Fsp3) is 0.259. The Kier molecular flexibility index (Phi) is 7.64. The van der Waals surface area contributed by atoms with E-state index < -0.39 is 42.6 Å². The van der Waals surface area contributed by atoms with E-state index in [9.17, 15) is 14.7 Å². The molecule has 3 aromatic rings. The average Bonchev–Trinajstić information content (AvgIpc) is 2.90. The Labute approximate surface area is 203 Å². The molecule has 4 rings (SSSR count). The first-order valence-corrected chi connectivity index (χ1v) is 11.1. The maximum atomic E-state index is 12.8. The molecular weight excluding hydrogens is 452 g/mol. The topological polar surface area (TPSA) is 101 Å². The number of methoxy groups -OCH3 is 1. The summed E-state index contributed by atoms with van der Waals surface area (Å²) < 4.78 is 28.2. The Morgan fingerprint density at radius 3 is 1.74 bits per heavy atom. The molecule has 0 saturated carbocycles. The lowest BCUT2D eigenvalue weighted by Gasteiger charge is -2.42. The predicted molar refractivity (Wildman–Crippen MR) is 125 cm³/mol. The molecule has 0 radical (unpaired) electrons. The summed E-state index contributed by atoms with van der Waals surface area (Å²) in [6.07, 6.45) is -5.72. The fourth-order valence-electron chi connectivity index (χ4n) is 3.70. The third-order valence-electron chi connectivity index (χ3n) is 5.57. The van der Waals surface area contributed by atoms with Crippen molar-refractivity contribution in [2.45, 2.75) is 37.6 Å². The normalized spacial score (nSPS) is 23.7. The Hall–Kier alpha value is -3.88. The van der Waals surface area contributed by atoms with E-state index >= 15 is 0 Å². The molecule has 0 aliphatic carbocycles. The van der Waals surface area contributed by atoms with E-state index in [1.807, 2.05) is 0 Å². The van der Waals surface area contributed by atoms with Gasteiger partial charge < -0.3 is 28.8 Å². The number of aliphatic hydroxyl groups is 1. The zero-order valence-electron chi connectivity index (χ0n) is 19.3. The van der Waals surface area contributed by atoms with Crippen molar-refractivity contribution in [2.75, 3.05) is 7.11 Å². The van der Waals surface area contributed by atoms with Gasteiger partial charge in [-0.05, 0) is 55.5 Å². The van der Waals surface area contributed by atoms with E-state index in [4.69, 9.17) is 23.7 Å². The third kappa shape index (κ3) is 5.79. The molecule has 1 fully saturated rings. The van der Waals surface area contributed by atoms with Crippen molar-refractivity contribution in [2.24, 2.45) is 0 Å². The third-order valence-corrected chi connectivity index (χ3v) is 5.57. The molecule has 35 heavy (non-hydrogen) atoms. The number of carbonyl (C=O) groups is 2. The number of ether oxygens (including phenoxy) is 5. The van der Waals surface area contributed by atoms with Gasteiger partial charge in [-0.2, -0.15) is 0 Å². The highest BCUT2D eigenvalue weighted by atomic mass is 16.7. The second-order valence-electron chi connectivity index (χ2n) is 7.97. The summed E-state index contributed by atoms with van der Waals surface area (Å²) in [5, 5.41) is 11.1. The van der Waals surface area contributed by atoms with Crippen LogP contribution in [0.15, 0.2) is 84.9 Å². The van der Waals surface area contributed by atoms with E-state index in [2.05, 4.69) is 0 Å². The van der Waals surface area contributed by atoms with Crippen LogP contribution in [0.4, 0.5) is 0 Å². The first-order chi connectivity index (χ1) is 17.0. The monoisotopic (exact) mass is 478 g/mol. The van der Waals surface area contributed by atoms with Crippen LogP contribution in [0.5, 0.6) is 11.5 Å². The molecule has 1 aliphatic rings. The Bertz CT molecular complexity index is 1120. The highest BCUT2D eigenvalue weighted by Crippen LogP contribution is 2.30. The van der Waals surface area contributed by atoms with Crippen LogP contribution in [-0.2, 0) is 14.2 Å². The van der Waals surface area contributed by atoms with Gasteiger partial charge >= 0.3 is 11.9 Å². The smallest absolute Gasteiger partial charge is 0.338 e. The molecule has 8 nitrogen and oxygen atoms in total. The highest BCUT2D eigenvalue weighted by Gasteiger charge is 2.49. The number of benzene rings is 3. The zero-order chi connectivity index (χ0) is 24.8. The van der Waals surface area contributed by atoms with Crippen LogP contribution in [0, 0.1) is 0 Å². The fourth-order valence-corrected chi connectivity index (χ4v) is 3.70. The molecule has 0 bridgehead atoms. The summed E-state index contributed by atoms with van der Waals surface area (Å²) in [6, 6.07) is 23.5. The van der Waals surface area contributed by atoms with Gasteiger partial charge in [0.15, 0.2) is 18.3 Å². The first-order valence-electron chi connectivity index (χ1n) is 11.1. The molecule has 0 unspecified atom stereocenters. The van der Waals surface area contributed by atoms with Gasteiger partial charge in [-0.15, -0.1) is 0 Å². The van der Waals surface area contributed by atoms with Crippen LogP contribution in [-0.4, -0.2) is 54.9 Å². The van der Waals surface area contributed by atoms with Crippen LogP contribution in [0.25, 0.3) is 0 Å². The van der Waals surface area contributed by atoms with Crippen LogP contribution < -0.4 is 9.47 Å². The quantitative estimate of drug-likeness (QED) is 0.514. The minimum atomic E-state index is -1.45. The van der Waals surface area contributed by atoms with Crippen LogP contribution in [0.3, 0.4) is 0 Å². The zero-order valence-corrected chi connectivity index (χ0v) is 19.3. The van der Waals surface area contributed by atoms with Gasteiger partial charge in [-0.1, -0.05) is 36.4 Å². The number of rotatable bonds is 7. The first kappa shape index (κ1) is 24.3. The van der Waals surface area contributed by atoms with Gasteiger partial charge in [0.2, 0.25) is 6.29 Å². The van der Waals surface area contributed by atoms with E-state index in [0.717, 1.165) is 0 Å². The molecule has 1 aliphatic heterocycles. The lowest BCUT2D eigenvalue weighted by atomic mass is 9.99. The van der Waals surface area contributed by atoms with Gasteiger partial charge in [0, 0.05) is 0 Å². The summed E-state index contributed by atoms with van der Waals surface area (Å²) in [7, 11) is 1.55. The number of aliphatic hydroxyl groups excluding tert-OH is 1. The minimum absolute atomic E-state index is 0.291. The second-order valence-corrected chi connectivity index (χ2v) is 7.97. The maximum Gasteiger partial charge on any atom is 0.338 e. The molecule has 0 amide bonds. The highest BCUT2D eigenvalue weighted by molar-refractivity contribution is 5.90. The Morgan fingerprint density at radius 1 is 0.743 bits per heavy atom. The number of esters is 2. The SMILES string of the molecule is COc1ccc(O[C@@H]2O[C@@H](C)[C@@H](OC(=O)c3ccccc3)[C@@H](OC(=O)c3ccccc3)[C@H]2O)cc1. The number of hydrogen-bond donors (Lipinski definition) is 1. The summed E-state index contributed by atoms with van der Waals surface area (Å²) in [4.78, 5) is 25.6. The van der Waals surface area contributed by atoms with E-state index in [0.29, 0.717) is 22.6 Å².